The predicted octanol–water partition coefficient (Wildman–Crippen LogP) is 6.43. The van der Waals surface area contributed by atoms with Crippen LogP contribution in [0.3, 0.4) is 0 Å². The molecule has 2 N–H and O–H groups in total. The Balaban J connectivity index is 1.96. The van der Waals surface area contributed by atoms with Gasteiger partial charge in [-0.05, 0) is 48.9 Å². The van der Waals surface area contributed by atoms with E-state index in [0.29, 0.717) is 18.0 Å². The standard InChI is InChI=1S/C23H19F6N3O2/c1-2-34-17-6-3-5-16(13-17)31-21(33)32-19(14-8-10-15(11-9-14)22(24,25)26)20-18(23(27,28)29)7-4-12-30-20/h3-13,19H,2H2,1H3,(H2,31,32,33)/t19-/m0/s1. The Bertz CT molecular complexity index is 1130. The number of pyridine rings is 1. The molecule has 0 bridgehead atoms. The molecule has 3 rings (SSSR count). The van der Waals surface area contributed by atoms with Crippen LogP contribution in [0.4, 0.5) is 36.8 Å². The van der Waals surface area contributed by atoms with Gasteiger partial charge in [-0.1, -0.05) is 18.2 Å². The number of carbonyl (C=O) groups excluding carboxylic acids is 1. The van der Waals surface area contributed by atoms with Gasteiger partial charge in [-0.3, -0.25) is 4.98 Å². The van der Waals surface area contributed by atoms with Gasteiger partial charge in [-0.25, -0.2) is 4.79 Å². The Kier molecular flexibility index (Phi) is 7.33. The quantitative estimate of drug-likeness (QED) is 0.397. The number of rotatable bonds is 6. The number of alkyl halides is 6. The number of benzene rings is 2. The molecular formula is C23H19F6N3O2. The van der Waals surface area contributed by atoms with Crippen LogP contribution in [0.2, 0.25) is 0 Å². The largest absolute Gasteiger partial charge is 0.494 e. The molecular weight excluding hydrogens is 464 g/mol. The third kappa shape index (κ3) is 6.18. The van der Waals surface area contributed by atoms with Crippen LogP contribution in [0.25, 0.3) is 0 Å². The molecule has 0 radical (unpaired) electrons. The van der Waals surface area contributed by atoms with Crippen molar-refractivity contribution in [1.29, 1.82) is 0 Å². The van der Waals surface area contributed by atoms with Crippen molar-refractivity contribution >= 4 is 11.7 Å². The highest BCUT2D eigenvalue weighted by Gasteiger charge is 2.37. The average Bonchev–Trinajstić information content (AvgIpc) is 2.77. The van der Waals surface area contributed by atoms with E-state index >= 15 is 0 Å². The van der Waals surface area contributed by atoms with Crippen molar-refractivity contribution in [1.82, 2.24) is 10.3 Å². The number of ether oxygens (including phenoxy) is 1. The van der Waals surface area contributed by atoms with E-state index in [0.717, 1.165) is 42.6 Å². The van der Waals surface area contributed by atoms with Gasteiger partial charge in [0.2, 0.25) is 0 Å². The maximum atomic E-state index is 13.6. The first kappa shape index (κ1) is 24.9. The SMILES string of the molecule is CCOc1cccc(NC(=O)N[C@@H](c2ccc(C(F)(F)F)cc2)c2ncccc2C(F)(F)F)c1. The molecule has 1 heterocycles. The van der Waals surface area contributed by atoms with E-state index < -0.39 is 41.2 Å². The number of anilines is 1. The fraction of sp³-hybridized carbons (Fsp3) is 0.217. The molecule has 0 aliphatic rings. The van der Waals surface area contributed by atoms with Crippen LogP contribution in [0, 0.1) is 0 Å². The van der Waals surface area contributed by atoms with Crippen LogP contribution >= 0.6 is 0 Å². The highest BCUT2D eigenvalue weighted by Crippen LogP contribution is 2.36. The molecule has 2 amide bonds. The Labute approximate surface area is 190 Å². The molecule has 1 atom stereocenters. The fourth-order valence-corrected chi connectivity index (χ4v) is 3.19. The highest BCUT2D eigenvalue weighted by atomic mass is 19.4. The molecule has 0 spiro atoms. The zero-order valence-corrected chi connectivity index (χ0v) is 17.7. The van der Waals surface area contributed by atoms with Gasteiger partial charge in [0.1, 0.15) is 5.75 Å². The van der Waals surface area contributed by atoms with Crippen LogP contribution in [0.5, 0.6) is 5.75 Å². The van der Waals surface area contributed by atoms with E-state index in [1.807, 2.05) is 0 Å². The van der Waals surface area contributed by atoms with E-state index in [1.165, 1.54) is 12.1 Å². The van der Waals surface area contributed by atoms with E-state index in [-0.39, 0.29) is 5.56 Å². The summed E-state index contributed by atoms with van der Waals surface area (Å²) in [5.41, 5.74) is -2.39. The number of aromatic nitrogens is 1. The second-order valence-corrected chi connectivity index (χ2v) is 7.05. The maximum absolute atomic E-state index is 13.6. The van der Waals surface area contributed by atoms with Gasteiger partial charge in [0.15, 0.2) is 0 Å². The first-order valence-corrected chi connectivity index (χ1v) is 9.98. The molecule has 0 aliphatic carbocycles. The van der Waals surface area contributed by atoms with Crippen molar-refractivity contribution in [3.8, 4) is 5.75 Å². The topological polar surface area (TPSA) is 63.2 Å². The third-order valence-corrected chi connectivity index (χ3v) is 4.67. The van der Waals surface area contributed by atoms with E-state index in [2.05, 4.69) is 15.6 Å². The number of carbonyl (C=O) groups is 1. The Morgan fingerprint density at radius 2 is 1.68 bits per heavy atom. The first-order valence-electron chi connectivity index (χ1n) is 9.98. The Morgan fingerprint density at radius 3 is 2.29 bits per heavy atom. The van der Waals surface area contributed by atoms with Crippen LogP contribution in [-0.2, 0) is 12.4 Å². The predicted molar refractivity (Wildman–Crippen MR) is 112 cm³/mol. The second-order valence-electron chi connectivity index (χ2n) is 7.05. The summed E-state index contributed by atoms with van der Waals surface area (Å²) < 4.78 is 85.0. The third-order valence-electron chi connectivity index (χ3n) is 4.67. The molecule has 11 heteroatoms. The minimum atomic E-state index is -4.81. The molecule has 1 aromatic heterocycles. The maximum Gasteiger partial charge on any atom is 0.418 e. The fourth-order valence-electron chi connectivity index (χ4n) is 3.19. The van der Waals surface area contributed by atoms with Gasteiger partial charge in [0, 0.05) is 18.0 Å². The molecule has 0 fully saturated rings. The first-order chi connectivity index (χ1) is 16.0. The van der Waals surface area contributed by atoms with Crippen molar-refractivity contribution in [2.24, 2.45) is 0 Å². The number of hydrogen-bond acceptors (Lipinski definition) is 3. The number of urea groups is 1. The molecule has 34 heavy (non-hydrogen) atoms. The molecule has 0 aliphatic heterocycles. The van der Waals surface area contributed by atoms with Gasteiger partial charge in [0.25, 0.3) is 0 Å². The van der Waals surface area contributed by atoms with Gasteiger partial charge in [-0.2, -0.15) is 26.3 Å². The number of hydrogen-bond donors (Lipinski definition) is 2. The minimum Gasteiger partial charge on any atom is -0.494 e. The lowest BCUT2D eigenvalue weighted by molar-refractivity contribution is -0.139. The van der Waals surface area contributed by atoms with Crippen molar-refractivity contribution < 1.29 is 35.9 Å². The lowest BCUT2D eigenvalue weighted by Crippen LogP contribution is -2.35. The van der Waals surface area contributed by atoms with Gasteiger partial charge in [-0.15, -0.1) is 0 Å². The van der Waals surface area contributed by atoms with Gasteiger partial charge < -0.3 is 15.4 Å². The summed E-state index contributed by atoms with van der Waals surface area (Å²) in [6.45, 7) is 2.15. The summed E-state index contributed by atoms with van der Waals surface area (Å²) in [5, 5.41) is 4.87. The van der Waals surface area contributed by atoms with E-state index in [1.54, 1.807) is 19.1 Å². The Morgan fingerprint density at radius 1 is 0.971 bits per heavy atom. The van der Waals surface area contributed by atoms with Crippen molar-refractivity contribution in [2.45, 2.75) is 25.3 Å². The minimum absolute atomic E-state index is 0.0181. The number of halogens is 6. The number of amides is 2. The number of nitrogens with one attached hydrogen (secondary N) is 2. The normalized spacial score (nSPS) is 12.7. The van der Waals surface area contributed by atoms with Gasteiger partial charge >= 0.3 is 18.4 Å². The van der Waals surface area contributed by atoms with Crippen molar-refractivity contribution in [3.05, 3.63) is 89.2 Å². The molecule has 180 valence electrons. The summed E-state index contributed by atoms with van der Waals surface area (Å²) >= 11 is 0. The molecule has 0 saturated carbocycles. The average molecular weight is 483 g/mol. The van der Waals surface area contributed by atoms with E-state index in [9.17, 15) is 31.1 Å². The summed E-state index contributed by atoms with van der Waals surface area (Å²) in [6, 6.07) is 9.24. The van der Waals surface area contributed by atoms with Crippen LogP contribution < -0.4 is 15.4 Å². The summed E-state index contributed by atoms with van der Waals surface area (Å²) in [4.78, 5) is 16.5. The summed E-state index contributed by atoms with van der Waals surface area (Å²) in [6.07, 6.45) is -8.34. The summed E-state index contributed by atoms with van der Waals surface area (Å²) in [7, 11) is 0. The summed E-state index contributed by atoms with van der Waals surface area (Å²) in [5.74, 6) is 0.462. The lowest BCUT2D eigenvalue weighted by atomic mass is 9.98. The molecule has 5 nitrogen and oxygen atoms in total. The van der Waals surface area contributed by atoms with Crippen LogP contribution in [-0.4, -0.2) is 17.6 Å². The van der Waals surface area contributed by atoms with E-state index in [4.69, 9.17) is 4.74 Å². The molecule has 3 aromatic rings. The van der Waals surface area contributed by atoms with Crippen LogP contribution in [0.1, 0.15) is 35.3 Å². The second kappa shape index (κ2) is 10.0. The number of nitrogens with zero attached hydrogens (tertiary/aromatic N) is 1. The lowest BCUT2D eigenvalue weighted by Gasteiger charge is -2.23. The highest BCUT2D eigenvalue weighted by molar-refractivity contribution is 5.90. The zero-order chi connectivity index (χ0) is 24.9. The van der Waals surface area contributed by atoms with Crippen LogP contribution in [0.15, 0.2) is 66.9 Å². The smallest absolute Gasteiger partial charge is 0.418 e. The van der Waals surface area contributed by atoms with Crippen molar-refractivity contribution in [3.63, 3.8) is 0 Å². The van der Waals surface area contributed by atoms with Gasteiger partial charge in [0.05, 0.1) is 29.5 Å². The molecule has 2 aromatic carbocycles. The molecule has 0 saturated heterocycles. The van der Waals surface area contributed by atoms with Crippen molar-refractivity contribution in [2.75, 3.05) is 11.9 Å². The zero-order valence-electron chi connectivity index (χ0n) is 17.7. The molecule has 0 unspecified atom stereocenters. The Hall–Kier alpha value is -3.76. The monoisotopic (exact) mass is 483 g/mol.